The summed E-state index contributed by atoms with van der Waals surface area (Å²) in [5, 5.41) is 18.9. The van der Waals surface area contributed by atoms with Crippen molar-refractivity contribution in [1.29, 1.82) is 0 Å². The third kappa shape index (κ3) is 6.15. The van der Waals surface area contributed by atoms with Gasteiger partial charge < -0.3 is 4.74 Å². The average molecular weight is 414 g/mol. The Bertz CT molecular complexity index is 1030. The molecule has 1 amide bonds. The SMILES string of the molecule is O=C(Cn1cc([N+](=O)[O-])cn1)NN=Cc1cccc(OCc2ccc(Cl)cc2)c1. The van der Waals surface area contributed by atoms with Crippen LogP contribution in [0.2, 0.25) is 5.02 Å². The molecular formula is C19H16ClN5O4. The smallest absolute Gasteiger partial charge is 0.307 e. The predicted octanol–water partition coefficient (Wildman–Crippen LogP) is 3.17. The van der Waals surface area contributed by atoms with E-state index in [0.29, 0.717) is 17.4 Å². The molecule has 10 heteroatoms. The highest BCUT2D eigenvalue weighted by atomic mass is 35.5. The highest BCUT2D eigenvalue weighted by molar-refractivity contribution is 6.30. The normalized spacial score (nSPS) is 10.8. The quantitative estimate of drug-likeness (QED) is 0.346. The summed E-state index contributed by atoms with van der Waals surface area (Å²) in [5.41, 5.74) is 3.88. The first-order valence-corrected chi connectivity index (χ1v) is 8.83. The van der Waals surface area contributed by atoms with E-state index in [1.807, 2.05) is 30.3 Å². The van der Waals surface area contributed by atoms with E-state index in [9.17, 15) is 14.9 Å². The Labute approximate surface area is 170 Å². The molecule has 0 bridgehead atoms. The first-order chi connectivity index (χ1) is 14.0. The van der Waals surface area contributed by atoms with Crippen LogP contribution in [0, 0.1) is 10.1 Å². The number of nitrogens with one attached hydrogen (secondary N) is 1. The lowest BCUT2D eigenvalue weighted by atomic mass is 10.2. The highest BCUT2D eigenvalue weighted by Crippen LogP contribution is 2.15. The monoisotopic (exact) mass is 413 g/mol. The number of hydrogen-bond acceptors (Lipinski definition) is 6. The Morgan fingerprint density at radius 2 is 2.10 bits per heavy atom. The van der Waals surface area contributed by atoms with Crippen molar-refractivity contribution in [3.8, 4) is 5.75 Å². The number of nitrogens with zero attached hydrogens (tertiary/aromatic N) is 4. The van der Waals surface area contributed by atoms with Crippen molar-refractivity contribution in [3.05, 3.63) is 87.2 Å². The van der Waals surface area contributed by atoms with Crippen molar-refractivity contribution in [2.24, 2.45) is 5.10 Å². The van der Waals surface area contributed by atoms with Gasteiger partial charge in [0.25, 0.3) is 5.91 Å². The first kappa shape index (κ1) is 20.0. The number of amides is 1. The Hall–Kier alpha value is -3.72. The molecule has 1 N–H and O–H groups in total. The fourth-order valence-corrected chi connectivity index (χ4v) is 2.45. The maximum absolute atomic E-state index is 11.8. The lowest BCUT2D eigenvalue weighted by Crippen LogP contribution is -2.23. The highest BCUT2D eigenvalue weighted by Gasteiger charge is 2.10. The Morgan fingerprint density at radius 3 is 2.83 bits per heavy atom. The molecule has 0 atom stereocenters. The van der Waals surface area contributed by atoms with Crippen LogP contribution in [0.4, 0.5) is 5.69 Å². The molecule has 0 aliphatic carbocycles. The zero-order valence-corrected chi connectivity index (χ0v) is 15.8. The molecule has 0 saturated heterocycles. The van der Waals surface area contributed by atoms with Gasteiger partial charge in [-0.2, -0.15) is 10.2 Å². The summed E-state index contributed by atoms with van der Waals surface area (Å²) in [7, 11) is 0. The second-order valence-electron chi connectivity index (χ2n) is 5.93. The zero-order chi connectivity index (χ0) is 20.6. The number of halogens is 1. The van der Waals surface area contributed by atoms with Gasteiger partial charge in [-0.05, 0) is 35.4 Å². The van der Waals surface area contributed by atoms with E-state index in [1.54, 1.807) is 18.2 Å². The van der Waals surface area contributed by atoms with Crippen LogP contribution in [0.3, 0.4) is 0 Å². The molecule has 0 aliphatic heterocycles. The third-order valence-electron chi connectivity index (χ3n) is 3.72. The van der Waals surface area contributed by atoms with E-state index in [-0.39, 0.29) is 12.2 Å². The predicted molar refractivity (Wildman–Crippen MR) is 107 cm³/mol. The van der Waals surface area contributed by atoms with E-state index in [4.69, 9.17) is 16.3 Å². The van der Waals surface area contributed by atoms with Gasteiger partial charge in [-0.25, -0.2) is 5.43 Å². The molecule has 0 unspecified atom stereocenters. The molecule has 0 saturated carbocycles. The largest absolute Gasteiger partial charge is 0.489 e. The van der Waals surface area contributed by atoms with E-state index in [0.717, 1.165) is 22.0 Å². The van der Waals surface area contributed by atoms with Crippen LogP contribution in [-0.4, -0.2) is 26.8 Å². The molecule has 0 aliphatic rings. The summed E-state index contributed by atoms with van der Waals surface area (Å²) < 4.78 is 6.90. The van der Waals surface area contributed by atoms with Gasteiger partial charge in [0.15, 0.2) is 0 Å². The zero-order valence-electron chi connectivity index (χ0n) is 15.1. The van der Waals surface area contributed by atoms with Crippen LogP contribution in [0.15, 0.2) is 66.0 Å². The minimum atomic E-state index is -0.582. The minimum Gasteiger partial charge on any atom is -0.489 e. The van der Waals surface area contributed by atoms with E-state index < -0.39 is 10.8 Å². The number of carbonyl (C=O) groups is 1. The number of hydrazone groups is 1. The lowest BCUT2D eigenvalue weighted by molar-refractivity contribution is -0.385. The molecule has 3 rings (SSSR count). The van der Waals surface area contributed by atoms with E-state index >= 15 is 0 Å². The Balaban J connectivity index is 1.50. The van der Waals surface area contributed by atoms with Gasteiger partial charge in [0.2, 0.25) is 0 Å². The standard InChI is InChI=1S/C19H16ClN5O4/c20-16-6-4-14(5-7-16)13-29-18-3-1-2-15(8-18)9-21-23-19(26)12-24-11-17(10-22-24)25(27)28/h1-11H,12-13H2,(H,23,26). The molecule has 2 aromatic carbocycles. The van der Waals surface area contributed by atoms with Gasteiger partial charge in [-0.1, -0.05) is 35.9 Å². The second-order valence-corrected chi connectivity index (χ2v) is 6.37. The average Bonchev–Trinajstić information content (AvgIpc) is 3.17. The molecule has 29 heavy (non-hydrogen) atoms. The molecule has 0 spiro atoms. The molecule has 1 aromatic heterocycles. The maximum Gasteiger partial charge on any atom is 0.307 e. The van der Waals surface area contributed by atoms with Gasteiger partial charge in [0.05, 0.1) is 11.1 Å². The van der Waals surface area contributed by atoms with Gasteiger partial charge >= 0.3 is 5.69 Å². The molecular weight excluding hydrogens is 398 g/mol. The van der Waals surface area contributed by atoms with Crippen LogP contribution in [0.1, 0.15) is 11.1 Å². The number of hydrogen-bond donors (Lipinski definition) is 1. The third-order valence-corrected chi connectivity index (χ3v) is 3.97. The summed E-state index contributed by atoms with van der Waals surface area (Å²) in [6.45, 7) is 0.208. The number of aromatic nitrogens is 2. The first-order valence-electron chi connectivity index (χ1n) is 8.45. The molecule has 3 aromatic rings. The van der Waals surface area contributed by atoms with Gasteiger partial charge in [0, 0.05) is 5.02 Å². The fraction of sp³-hybridized carbons (Fsp3) is 0.105. The Kier molecular flexibility index (Phi) is 6.54. The molecule has 9 nitrogen and oxygen atoms in total. The molecule has 1 heterocycles. The van der Waals surface area contributed by atoms with E-state index in [2.05, 4.69) is 15.6 Å². The Morgan fingerprint density at radius 1 is 1.31 bits per heavy atom. The maximum atomic E-state index is 11.8. The number of benzene rings is 2. The fourth-order valence-electron chi connectivity index (χ4n) is 2.33. The molecule has 0 radical (unpaired) electrons. The van der Waals surface area contributed by atoms with Crippen molar-refractivity contribution in [2.75, 3.05) is 0 Å². The van der Waals surface area contributed by atoms with Gasteiger partial charge in [-0.3, -0.25) is 19.6 Å². The summed E-state index contributed by atoms with van der Waals surface area (Å²) in [5.74, 6) is 0.188. The summed E-state index contributed by atoms with van der Waals surface area (Å²) in [6, 6.07) is 14.6. The second kappa shape index (κ2) is 9.47. The van der Waals surface area contributed by atoms with Gasteiger partial charge in [0.1, 0.15) is 31.3 Å². The van der Waals surface area contributed by atoms with Crippen molar-refractivity contribution < 1.29 is 14.5 Å². The van der Waals surface area contributed by atoms with Crippen LogP contribution in [0.5, 0.6) is 5.75 Å². The number of rotatable bonds is 8. The molecule has 148 valence electrons. The minimum absolute atomic E-state index is 0.184. The van der Waals surface area contributed by atoms with Crippen molar-refractivity contribution in [2.45, 2.75) is 13.2 Å². The van der Waals surface area contributed by atoms with Crippen molar-refractivity contribution in [3.63, 3.8) is 0 Å². The van der Waals surface area contributed by atoms with Crippen LogP contribution in [-0.2, 0) is 17.9 Å². The number of nitro groups is 1. The summed E-state index contributed by atoms with van der Waals surface area (Å²) in [4.78, 5) is 21.9. The van der Waals surface area contributed by atoms with Crippen LogP contribution >= 0.6 is 11.6 Å². The molecule has 0 fully saturated rings. The van der Waals surface area contributed by atoms with Crippen molar-refractivity contribution >= 4 is 29.4 Å². The number of carbonyl (C=O) groups excluding carboxylic acids is 1. The van der Waals surface area contributed by atoms with Gasteiger partial charge in [-0.15, -0.1) is 0 Å². The lowest BCUT2D eigenvalue weighted by Gasteiger charge is -2.07. The summed E-state index contributed by atoms with van der Waals surface area (Å²) >= 11 is 5.86. The summed E-state index contributed by atoms with van der Waals surface area (Å²) in [6.07, 6.45) is 3.72. The van der Waals surface area contributed by atoms with Crippen molar-refractivity contribution in [1.82, 2.24) is 15.2 Å². The topological polar surface area (TPSA) is 112 Å². The van der Waals surface area contributed by atoms with Crippen LogP contribution in [0.25, 0.3) is 0 Å². The number of ether oxygens (including phenoxy) is 1. The van der Waals surface area contributed by atoms with Crippen LogP contribution < -0.4 is 10.2 Å². The van der Waals surface area contributed by atoms with E-state index in [1.165, 1.54) is 12.4 Å².